The molecule has 0 saturated carbocycles. The molecular weight excluding hydrogens is 258 g/mol. The van der Waals surface area contributed by atoms with Gasteiger partial charge in [-0.15, -0.1) is 5.10 Å². The maximum atomic E-state index is 13.1. The van der Waals surface area contributed by atoms with Crippen molar-refractivity contribution >= 4 is 15.9 Å². The number of halogens is 3. The third-order valence-electron chi connectivity index (χ3n) is 1.58. The zero-order valence-corrected chi connectivity index (χ0v) is 8.24. The number of benzene rings is 1. The fraction of sp³-hybridized carbons (Fsp3) is 0. The first-order valence-electron chi connectivity index (χ1n) is 3.56. The van der Waals surface area contributed by atoms with E-state index in [0.29, 0.717) is 0 Å². The molecule has 0 fully saturated rings. The van der Waals surface area contributed by atoms with Gasteiger partial charge in [-0.3, -0.25) is 0 Å². The topological polar surface area (TPSA) is 43.6 Å². The summed E-state index contributed by atoms with van der Waals surface area (Å²) >= 11 is 2.77. The Morgan fingerprint density at radius 3 is 2.36 bits per heavy atom. The molecule has 0 aliphatic rings. The molecule has 0 atom stereocenters. The second-order valence-corrected chi connectivity index (χ2v) is 3.27. The SMILES string of the molecule is Fc1cc(-n2cnnn2)cc(F)c1Br. The van der Waals surface area contributed by atoms with Crippen molar-refractivity contribution in [2.45, 2.75) is 0 Å². The average molecular weight is 261 g/mol. The Labute approximate surface area is 85.7 Å². The minimum atomic E-state index is -0.699. The average Bonchev–Trinajstić information content (AvgIpc) is 2.66. The molecule has 14 heavy (non-hydrogen) atoms. The molecule has 0 amide bonds. The van der Waals surface area contributed by atoms with Crippen molar-refractivity contribution in [2.24, 2.45) is 0 Å². The first-order chi connectivity index (χ1) is 6.68. The summed E-state index contributed by atoms with van der Waals surface area (Å²) < 4.78 is 27.1. The van der Waals surface area contributed by atoms with Crippen LogP contribution in [0.3, 0.4) is 0 Å². The predicted octanol–water partition coefficient (Wildman–Crippen LogP) is 1.70. The summed E-state index contributed by atoms with van der Waals surface area (Å²) in [6.45, 7) is 0. The lowest BCUT2D eigenvalue weighted by atomic mass is 10.3. The Hall–Kier alpha value is -1.37. The summed E-state index contributed by atoms with van der Waals surface area (Å²) in [5, 5.41) is 10.2. The van der Waals surface area contributed by atoms with Gasteiger partial charge in [0.2, 0.25) is 0 Å². The number of hydrogen-bond acceptors (Lipinski definition) is 3. The highest BCUT2D eigenvalue weighted by Gasteiger charge is 2.09. The molecule has 0 aliphatic heterocycles. The Morgan fingerprint density at radius 1 is 1.21 bits per heavy atom. The van der Waals surface area contributed by atoms with Gasteiger partial charge in [0.25, 0.3) is 0 Å². The largest absolute Gasteiger partial charge is 0.206 e. The molecule has 1 aromatic carbocycles. The van der Waals surface area contributed by atoms with Crippen molar-refractivity contribution < 1.29 is 8.78 Å². The zero-order valence-electron chi connectivity index (χ0n) is 6.65. The summed E-state index contributed by atoms with van der Waals surface area (Å²) in [7, 11) is 0. The van der Waals surface area contributed by atoms with E-state index in [1.165, 1.54) is 11.0 Å². The van der Waals surface area contributed by atoms with E-state index in [1.807, 2.05) is 0 Å². The van der Waals surface area contributed by atoms with E-state index in [-0.39, 0.29) is 10.2 Å². The summed E-state index contributed by atoms with van der Waals surface area (Å²) in [5.41, 5.74) is 0.230. The Balaban J connectivity index is 2.57. The lowest BCUT2D eigenvalue weighted by Crippen LogP contribution is -1.98. The van der Waals surface area contributed by atoms with Gasteiger partial charge in [0.15, 0.2) is 0 Å². The third-order valence-corrected chi connectivity index (χ3v) is 2.34. The van der Waals surface area contributed by atoms with Crippen LogP contribution >= 0.6 is 15.9 Å². The molecule has 0 spiro atoms. The van der Waals surface area contributed by atoms with Gasteiger partial charge in [0.1, 0.15) is 18.0 Å². The van der Waals surface area contributed by atoms with E-state index < -0.39 is 11.6 Å². The van der Waals surface area contributed by atoms with Crippen LogP contribution in [0.5, 0.6) is 0 Å². The highest BCUT2D eigenvalue weighted by atomic mass is 79.9. The maximum absolute atomic E-state index is 13.1. The van der Waals surface area contributed by atoms with Gasteiger partial charge in [0.05, 0.1) is 10.2 Å². The van der Waals surface area contributed by atoms with Crippen molar-refractivity contribution in [3.05, 3.63) is 34.6 Å². The normalized spacial score (nSPS) is 10.5. The van der Waals surface area contributed by atoms with Crippen LogP contribution in [-0.4, -0.2) is 20.2 Å². The molecule has 1 heterocycles. The Morgan fingerprint density at radius 2 is 1.86 bits per heavy atom. The van der Waals surface area contributed by atoms with Gasteiger partial charge in [-0.1, -0.05) is 0 Å². The van der Waals surface area contributed by atoms with Gasteiger partial charge >= 0.3 is 0 Å². The summed E-state index contributed by atoms with van der Waals surface area (Å²) in [4.78, 5) is 0. The Kier molecular flexibility index (Phi) is 2.24. The second-order valence-electron chi connectivity index (χ2n) is 2.48. The maximum Gasteiger partial charge on any atom is 0.143 e. The molecule has 4 nitrogen and oxygen atoms in total. The molecule has 0 saturated heterocycles. The number of aromatic nitrogens is 4. The predicted molar refractivity (Wildman–Crippen MR) is 46.8 cm³/mol. The van der Waals surface area contributed by atoms with Crippen molar-refractivity contribution in [3.8, 4) is 5.69 Å². The molecule has 2 aromatic rings. The summed E-state index contributed by atoms with van der Waals surface area (Å²) in [6.07, 6.45) is 1.25. The van der Waals surface area contributed by atoms with Gasteiger partial charge < -0.3 is 0 Å². The van der Waals surface area contributed by atoms with E-state index in [4.69, 9.17) is 0 Å². The molecule has 2 rings (SSSR count). The van der Waals surface area contributed by atoms with Crippen LogP contribution in [0.25, 0.3) is 5.69 Å². The van der Waals surface area contributed by atoms with Crippen LogP contribution in [0.15, 0.2) is 22.9 Å². The minimum Gasteiger partial charge on any atom is -0.206 e. The van der Waals surface area contributed by atoms with Crippen LogP contribution in [0.2, 0.25) is 0 Å². The van der Waals surface area contributed by atoms with Gasteiger partial charge in [-0.05, 0) is 26.4 Å². The fourth-order valence-corrected chi connectivity index (χ4v) is 1.18. The van der Waals surface area contributed by atoms with Gasteiger partial charge in [-0.2, -0.15) is 0 Å². The first-order valence-corrected chi connectivity index (χ1v) is 4.35. The highest BCUT2D eigenvalue weighted by molar-refractivity contribution is 9.10. The quantitative estimate of drug-likeness (QED) is 0.734. The molecule has 0 aliphatic carbocycles. The molecule has 7 heteroatoms. The van der Waals surface area contributed by atoms with E-state index in [2.05, 4.69) is 31.5 Å². The fourth-order valence-electron chi connectivity index (χ4n) is 0.954. The first kappa shape index (κ1) is 9.20. The van der Waals surface area contributed by atoms with Crippen molar-refractivity contribution in [1.82, 2.24) is 20.2 Å². The monoisotopic (exact) mass is 260 g/mol. The van der Waals surface area contributed by atoms with Gasteiger partial charge in [-0.25, -0.2) is 13.5 Å². The lowest BCUT2D eigenvalue weighted by Gasteiger charge is -2.01. The van der Waals surface area contributed by atoms with E-state index in [9.17, 15) is 8.78 Å². The summed E-state index contributed by atoms with van der Waals surface area (Å²) in [5.74, 6) is -1.40. The molecule has 0 radical (unpaired) electrons. The number of tetrazole rings is 1. The standard InChI is InChI=1S/C7H3BrF2N4/c8-7-5(9)1-4(2-6(7)10)14-3-11-12-13-14/h1-3H. The highest BCUT2D eigenvalue weighted by Crippen LogP contribution is 2.22. The third kappa shape index (κ3) is 1.50. The molecular formula is C7H3BrF2N4. The number of hydrogen-bond donors (Lipinski definition) is 0. The minimum absolute atomic E-state index is 0.200. The lowest BCUT2D eigenvalue weighted by molar-refractivity contribution is 0.568. The Bertz CT molecular complexity index is 434. The number of rotatable bonds is 1. The van der Waals surface area contributed by atoms with Crippen molar-refractivity contribution in [2.75, 3.05) is 0 Å². The van der Waals surface area contributed by atoms with Crippen LogP contribution in [-0.2, 0) is 0 Å². The molecule has 0 bridgehead atoms. The van der Waals surface area contributed by atoms with E-state index in [0.717, 1.165) is 12.1 Å². The van der Waals surface area contributed by atoms with Gasteiger partial charge in [0, 0.05) is 12.1 Å². The zero-order chi connectivity index (χ0) is 10.1. The van der Waals surface area contributed by atoms with E-state index in [1.54, 1.807) is 0 Å². The second kappa shape index (κ2) is 3.41. The van der Waals surface area contributed by atoms with Crippen molar-refractivity contribution in [3.63, 3.8) is 0 Å². The molecule has 72 valence electrons. The van der Waals surface area contributed by atoms with Crippen LogP contribution in [0.1, 0.15) is 0 Å². The van der Waals surface area contributed by atoms with E-state index >= 15 is 0 Å². The summed E-state index contributed by atoms with van der Waals surface area (Å²) in [6, 6.07) is 2.26. The molecule has 0 N–H and O–H groups in total. The molecule has 1 aromatic heterocycles. The van der Waals surface area contributed by atoms with Crippen LogP contribution in [0, 0.1) is 11.6 Å². The van der Waals surface area contributed by atoms with Crippen LogP contribution in [0.4, 0.5) is 8.78 Å². The van der Waals surface area contributed by atoms with Crippen molar-refractivity contribution in [1.29, 1.82) is 0 Å². The molecule has 0 unspecified atom stereocenters. The van der Waals surface area contributed by atoms with Crippen LogP contribution < -0.4 is 0 Å². The number of nitrogens with zero attached hydrogens (tertiary/aromatic N) is 4. The smallest absolute Gasteiger partial charge is 0.143 e.